The van der Waals surface area contributed by atoms with Crippen molar-refractivity contribution in [3.63, 3.8) is 0 Å². The fourth-order valence-corrected chi connectivity index (χ4v) is 3.53. The van der Waals surface area contributed by atoms with Gasteiger partial charge in [0.05, 0.1) is 5.69 Å². The van der Waals surface area contributed by atoms with Crippen LogP contribution in [0.2, 0.25) is 0 Å². The van der Waals surface area contributed by atoms with Crippen LogP contribution in [0.5, 0.6) is 5.75 Å². The molecule has 2 aromatic carbocycles. The number of anilines is 1. The molecule has 1 N–H and O–H groups in total. The van der Waals surface area contributed by atoms with Crippen LogP contribution >= 0.6 is 0 Å². The molecule has 2 aliphatic rings. The molecule has 0 bridgehead atoms. The van der Waals surface area contributed by atoms with Crippen molar-refractivity contribution >= 4 is 22.9 Å². The quantitative estimate of drug-likeness (QED) is 0.541. The van der Waals surface area contributed by atoms with Crippen molar-refractivity contribution in [3.8, 4) is 5.75 Å². The number of nitrogens with one attached hydrogen (secondary N) is 1. The molecular weight excluding hydrogens is 386 g/mol. The summed E-state index contributed by atoms with van der Waals surface area (Å²) >= 11 is 0. The van der Waals surface area contributed by atoms with Gasteiger partial charge >= 0.3 is 0 Å². The summed E-state index contributed by atoms with van der Waals surface area (Å²) < 4.78 is 37.9. The van der Waals surface area contributed by atoms with Gasteiger partial charge in [0.25, 0.3) is 0 Å². The molecule has 2 heterocycles. The van der Waals surface area contributed by atoms with Gasteiger partial charge < -0.3 is 14.5 Å². The van der Waals surface area contributed by atoms with E-state index in [1.807, 2.05) is 18.2 Å². The second kappa shape index (κ2) is 7.63. The predicted octanol–water partition coefficient (Wildman–Crippen LogP) is 6.50. The van der Waals surface area contributed by atoms with Crippen molar-refractivity contribution in [3.05, 3.63) is 95.3 Å². The zero-order chi connectivity index (χ0) is 20.5. The fourth-order valence-electron chi connectivity index (χ4n) is 3.53. The van der Waals surface area contributed by atoms with Crippen LogP contribution < -0.4 is 10.1 Å². The van der Waals surface area contributed by atoms with Gasteiger partial charge in [0.1, 0.15) is 17.2 Å². The molecule has 0 atom stereocenters. The van der Waals surface area contributed by atoms with Crippen molar-refractivity contribution in [2.75, 3.05) is 5.32 Å². The number of ether oxygens (including phenoxy) is 1. The lowest BCUT2D eigenvalue weighted by molar-refractivity contribution is 0.456. The Bertz CT molecular complexity index is 1250. The molecule has 1 aliphatic carbocycles. The number of allylic oxidation sites excluding steroid dienone is 6. The van der Waals surface area contributed by atoms with E-state index in [-0.39, 0.29) is 11.6 Å². The smallest absolute Gasteiger partial charge is 0.220 e. The lowest BCUT2D eigenvalue weighted by Crippen LogP contribution is -1.97. The first-order valence-corrected chi connectivity index (χ1v) is 9.72. The zero-order valence-corrected chi connectivity index (χ0v) is 16.0. The summed E-state index contributed by atoms with van der Waals surface area (Å²) in [5, 5.41) is 3.06. The number of aromatic nitrogens is 1. The summed E-state index contributed by atoms with van der Waals surface area (Å²) in [6, 6.07) is 8.68. The van der Waals surface area contributed by atoms with Crippen LogP contribution in [0, 0.1) is 11.6 Å². The van der Waals surface area contributed by atoms with Gasteiger partial charge in [-0.25, -0.2) is 13.8 Å². The fraction of sp³-hybridized carbons (Fsp3) is 0.125. The molecule has 0 amide bonds. The van der Waals surface area contributed by atoms with E-state index in [9.17, 15) is 8.78 Å². The maximum atomic E-state index is 13.3. The van der Waals surface area contributed by atoms with E-state index in [0.717, 1.165) is 24.8 Å². The van der Waals surface area contributed by atoms with Crippen LogP contribution in [0.3, 0.4) is 0 Å². The van der Waals surface area contributed by atoms with Crippen LogP contribution in [0.4, 0.5) is 14.5 Å². The van der Waals surface area contributed by atoms with Crippen LogP contribution in [-0.4, -0.2) is 4.98 Å². The number of oxazole rings is 1. The molecule has 0 unspecified atom stereocenters. The maximum Gasteiger partial charge on any atom is 0.220 e. The van der Waals surface area contributed by atoms with E-state index >= 15 is 0 Å². The molecule has 6 heteroatoms. The van der Waals surface area contributed by atoms with Crippen molar-refractivity contribution in [1.82, 2.24) is 4.98 Å². The van der Waals surface area contributed by atoms with Gasteiger partial charge in [-0.3, -0.25) is 0 Å². The zero-order valence-electron chi connectivity index (χ0n) is 16.0. The number of nitrogens with zero attached hydrogens (tertiary/aromatic N) is 1. The molecule has 3 aromatic rings. The number of fused-ring (bicyclic) bond motifs is 2. The van der Waals surface area contributed by atoms with E-state index in [1.54, 1.807) is 18.2 Å². The Morgan fingerprint density at radius 1 is 0.967 bits per heavy atom. The Balaban J connectivity index is 1.31. The van der Waals surface area contributed by atoms with Gasteiger partial charge in [-0.1, -0.05) is 18.2 Å². The van der Waals surface area contributed by atoms with Gasteiger partial charge in [0, 0.05) is 18.2 Å². The summed E-state index contributed by atoms with van der Waals surface area (Å²) in [6.07, 6.45) is 12.7. The first-order chi connectivity index (χ1) is 14.6. The first kappa shape index (κ1) is 18.4. The molecule has 4 nitrogen and oxygen atoms in total. The van der Waals surface area contributed by atoms with Crippen molar-refractivity contribution in [2.24, 2.45) is 0 Å². The van der Waals surface area contributed by atoms with Gasteiger partial charge in [-0.2, -0.15) is 0 Å². The van der Waals surface area contributed by atoms with Crippen LogP contribution in [0.25, 0.3) is 17.2 Å². The van der Waals surface area contributed by atoms with Crippen molar-refractivity contribution < 1.29 is 17.9 Å². The minimum absolute atomic E-state index is 0.305. The number of halogens is 2. The SMILES string of the molecule is Fc1ccc2c(c1)N/C(=C/C=C1C=C(/C=C/c3nc4cc(F)ccc4o3)CCC/1)O2. The highest BCUT2D eigenvalue weighted by Crippen LogP contribution is 2.34. The van der Waals surface area contributed by atoms with E-state index in [1.165, 1.54) is 29.8 Å². The van der Waals surface area contributed by atoms with Crippen LogP contribution in [0.15, 0.2) is 82.1 Å². The normalized spacial score (nSPS) is 18.7. The van der Waals surface area contributed by atoms with Gasteiger partial charge in [0.15, 0.2) is 17.2 Å². The highest BCUT2D eigenvalue weighted by atomic mass is 19.1. The second-order valence-electron chi connectivity index (χ2n) is 7.21. The van der Waals surface area contributed by atoms with E-state index in [2.05, 4.69) is 16.4 Å². The Labute approximate surface area is 171 Å². The van der Waals surface area contributed by atoms with Crippen molar-refractivity contribution in [1.29, 1.82) is 0 Å². The highest BCUT2D eigenvalue weighted by Gasteiger charge is 2.16. The number of rotatable bonds is 3. The average Bonchev–Trinajstić information content (AvgIpc) is 3.33. The average molecular weight is 404 g/mol. The lowest BCUT2D eigenvalue weighted by atomic mass is 9.94. The number of benzene rings is 2. The Hall–Kier alpha value is -3.67. The Morgan fingerprint density at radius 2 is 1.83 bits per heavy atom. The molecule has 0 saturated heterocycles. The Kier molecular flexibility index (Phi) is 4.67. The monoisotopic (exact) mass is 404 g/mol. The molecule has 30 heavy (non-hydrogen) atoms. The second-order valence-corrected chi connectivity index (χ2v) is 7.21. The summed E-state index contributed by atoms with van der Waals surface area (Å²) in [7, 11) is 0. The van der Waals surface area contributed by atoms with Crippen LogP contribution in [0.1, 0.15) is 25.2 Å². The number of hydrogen-bond donors (Lipinski definition) is 1. The van der Waals surface area contributed by atoms with E-state index in [4.69, 9.17) is 9.15 Å². The molecule has 0 fully saturated rings. The van der Waals surface area contributed by atoms with Crippen molar-refractivity contribution in [2.45, 2.75) is 19.3 Å². The van der Waals surface area contributed by atoms with Gasteiger partial charge in [-0.15, -0.1) is 0 Å². The Morgan fingerprint density at radius 3 is 2.77 bits per heavy atom. The van der Waals surface area contributed by atoms with E-state index < -0.39 is 0 Å². The lowest BCUT2D eigenvalue weighted by Gasteiger charge is -2.11. The molecule has 0 spiro atoms. The molecular formula is C24H18F2N2O2. The summed E-state index contributed by atoms with van der Waals surface area (Å²) in [5.41, 5.74) is 4.02. The summed E-state index contributed by atoms with van der Waals surface area (Å²) in [6.45, 7) is 0. The minimum atomic E-state index is -0.334. The topological polar surface area (TPSA) is 47.3 Å². The predicted molar refractivity (Wildman–Crippen MR) is 112 cm³/mol. The third kappa shape index (κ3) is 3.89. The van der Waals surface area contributed by atoms with Gasteiger partial charge in [-0.05, 0) is 60.8 Å². The molecule has 150 valence electrons. The summed E-state index contributed by atoms with van der Waals surface area (Å²) in [4.78, 5) is 4.30. The van der Waals surface area contributed by atoms with E-state index in [0.29, 0.717) is 34.3 Å². The standard InChI is InChI=1S/C24H18F2N2O2/c25-17-6-8-21-19(13-17)27-23(29-21)10-4-15-2-1-3-16(12-15)5-11-24-28-20-14-18(26)7-9-22(20)30-24/h4-14,27H,1-3H2/b11-5+,15-4+,23-10-. The third-order valence-electron chi connectivity index (χ3n) is 4.98. The largest absolute Gasteiger partial charge is 0.439 e. The molecule has 0 radical (unpaired) electrons. The molecule has 1 aliphatic heterocycles. The minimum Gasteiger partial charge on any atom is -0.439 e. The van der Waals surface area contributed by atoms with Gasteiger partial charge in [0.2, 0.25) is 5.89 Å². The molecule has 5 rings (SSSR count). The van der Waals surface area contributed by atoms with Crippen LogP contribution in [-0.2, 0) is 0 Å². The molecule has 1 aromatic heterocycles. The molecule has 0 saturated carbocycles. The summed E-state index contributed by atoms with van der Waals surface area (Å²) in [5.74, 6) is 0.988. The third-order valence-corrected chi connectivity index (χ3v) is 4.98. The first-order valence-electron chi connectivity index (χ1n) is 9.72. The highest BCUT2D eigenvalue weighted by molar-refractivity contribution is 5.74. The maximum absolute atomic E-state index is 13.3. The number of hydrogen-bond acceptors (Lipinski definition) is 4.